The second-order valence-electron chi connectivity index (χ2n) is 5.78. The molecule has 0 amide bonds. The van der Waals surface area contributed by atoms with Crippen LogP contribution in [0.2, 0.25) is 5.02 Å². The van der Waals surface area contributed by atoms with Crippen molar-refractivity contribution in [3.05, 3.63) is 28.8 Å². The predicted octanol–water partition coefficient (Wildman–Crippen LogP) is 3.69. The molecule has 0 saturated carbocycles. The van der Waals surface area contributed by atoms with Gasteiger partial charge in [-0.15, -0.1) is 0 Å². The van der Waals surface area contributed by atoms with Crippen molar-refractivity contribution in [2.24, 2.45) is 0 Å². The topological polar surface area (TPSA) is 40.5 Å². The molecule has 1 aromatic rings. The van der Waals surface area contributed by atoms with E-state index in [4.69, 9.17) is 16.7 Å². The minimum absolute atomic E-state index is 0.0809. The number of hydrogen-bond acceptors (Lipinski definition) is 2. The van der Waals surface area contributed by atoms with Crippen LogP contribution < -0.4 is 4.90 Å². The molecular weight excluding hydrogens is 262 g/mol. The van der Waals surface area contributed by atoms with Gasteiger partial charge >= 0.3 is 5.97 Å². The number of halogens is 1. The highest BCUT2D eigenvalue weighted by atomic mass is 35.5. The van der Waals surface area contributed by atoms with Gasteiger partial charge in [0.15, 0.2) is 0 Å². The lowest BCUT2D eigenvalue weighted by molar-refractivity contribution is -0.138. The first kappa shape index (κ1) is 14.2. The van der Waals surface area contributed by atoms with Crippen molar-refractivity contribution in [3.63, 3.8) is 0 Å². The number of benzene rings is 1. The number of anilines is 1. The number of nitrogens with zero attached hydrogens (tertiary/aromatic N) is 1. The van der Waals surface area contributed by atoms with Gasteiger partial charge in [0.2, 0.25) is 0 Å². The summed E-state index contributed by atoms with van der Waals surface area (Å²) in [7, 11) is 0. The maximum Gasteiger partial charge on any atom is 0.304 e. The van der Waals surface area contributed by atoms with Gasteiger partial charge in [0.05, 0.1) is 6.42 Å². The fraction of sp³-hybridized carbons (Fsp3) is 0.533. The Morgan fingerprint density at radius 2 is 2.00 bits per heavy atom. The highest BCUT2D eigenvalue weighted by Crippen LogP contribution is 2.40. The molecule has 3 nitrogen and oxygen atoms in total. The Morgan fingerprint density at radius 1 is 1.37 bits per heavy atom. The minimum atomic E-state index is -0.794. The summed E-state index contributed by atoms with van der Waals surface area (Å²) < 4.78 is 0. The summed E-state index contributed by atoms with van der Waals surface area (Å²) in [4.78, 5) is 13.4. The van der Waals surface area contributed by atoms with E-state index in [2.05, 4.69) is 11.0 Å². The van der Waals surface area contributed by atoms with Crippen LogP contribution in [0.5, 0.6) is 0 Å². The quantitative estimate of drug-likeness (QED) is 0.915. The van der Waals surface area contributed by atoms with Crippen LogP contribution >= 0.6 is 11.6 Å². The van der Waals surface area contributed by atoms with Gasteiger partial charge in [0.25, 0.3) is 0 Å². The van der Waals surface area contributed by atoms with Crippen LogP contribution in [-0.4, -0.2) is 24.2 Å². The fourth-order valence-corrected chi connectivity index (χ4v) is 3.30. The Bertz CT molecular complexity index is 479. The molecule has 0 spiro atoms. The minimum Gasteiger partial charge on any atom is -0.481 e. The van der Waals surface area contributed by atoms with E-state index in [0.717, 1.165) is 24.3 Å². The Morgan fingerprint density at radius 3 is 2.58 bits per heavy atom. The monoisotopic (exact) mass is 281 g/mol. The maximum atomic E-state index is 11.1. The number of rotatable bonds is 4. The molecule has 0 radical (unpaired) electrons. The van der Waals surface area contributed by atoms with Crippen molar-refractivity contribution >= 4 is 23.3 Å². The van der Waals surface area contributed by atoms with Crippen molar-refractivity contribution in [2.75, 3.05) is 18.0 Å². The van der Waals surface area contributed by atoms with E-state index in [1.165, 1.54) is 12.8 Å². The largest absolute Gasteiger partial charge is 0.481 e. The highest BCUT2D eigenvalue weighted by molar-refractivity contribution is 6.32. The van der Waals surface area contributed by atoms with Crippen molar-refractivity contribution in [3.8, 4) is 0 Å². The van der Waals surface area contributed by atoms with Crippen LogP contribution in [-0.2, 0) is 10.2 Å². The third-order valence-electron chi connectivity index (χ3n) is 3.71. The molecule has 0 aromatic heterocycles. The molecule has 2 rings (SSSR count). The van der Waals surface area contributed by atoms with Gasteiger partial charge in [-0.25, -0.2) is 0 Å². The fourth-order valence-electron chi connectivity index (χ4n) is 2.87. The van der Waals surface area contributed by atoms with Crippen molar-refractivity contribution in [1.82, 2.24) is 0 Å². The molecule has 1 aliphatic heterocycles. The van der Waals surface area contributed by atoms with Gasteiger partial charge in [0, 0.05) is 34.8 Å². The average molecular weight is 282 g/mol. The molecule has 0 unspecified atom stereocenters. The highest BCUT2D eigenvalue weighted by Gasteiger charge is 2.31. The zero-order chi connectivity index (χ0) is 14.0. The molecule has 0 aliphatic carbocycles. The first-order valence-electron chi connectivity index (χ1n) is 6.67. The van der Waals surface area contributed by atoms with Crippen molar-refractivity contribution in [1.29, 1.82) is 0 Å². The smallest absolute Gasteiger partial charge is 0.304 e. The van der Waals surface area contributed by atoms with Crippen molar-refractivity contribution < 1.29 is 9.90 Å². The zero-order valence-corrected chi connectivity index (χ0v) is 12.2. The predicted molar refractivity (Wildman–Crippen MR) is 78.2 cm³/mol. The standard InChI is InChI=1S/C15H20ClNO2/c1-15(2,10-13(18)19)14-11(16)6-5-7-12(14)17-8-3-4-9-17/h5-7H,3-4,8-10H2,1-2H3,(H,18,19). The Kier molecular flexibility index (Phi) is 4.04. The molecule has 1 N–H and O–H groups in total. The normalized spacial score (nSPS) is 15.8. The number of carboxylic acid groups (broad SMARTS) is 1. The van der Waals surface area contributed by atoms with E-state index >= 15 is 0 Å². The molecule has 19 heavy (non-hydrogen) atoms. The Labute approximate surface area is 119 Å². The molecule has 1 aromatic carbocycles. The summed E-state index contributed by atoms with van der Waals surface area (Å²) >= 11 is 6.36. The van der Waals surface area contributed by atoms with Crippen LogP contribution in [0, 0.1) is 0 Å². The molecule has 1 heterocycles. The van der Waals surface area contributed by atoms with Gasteiger partial charge in [-0.3, -0.25) is 4.79 Å². The van der Waals surface area contributed by atoms with Gasteiger partial charge in [-0.05, 0) is 25.0 Å². The molecule has 0 atom stereocenters. The van der Waals surface area contributed by atoms with E-state index in [-0.39, 0.29) is 6.42 Å². The second-order valence-corrected chi connectivity index (χ2v) is 6.19. The number of aliphatic carboxylic acids is 1. The van der Waals surface area contributed by atoms with Crippen LogP contribution in [0.15, 0.2) is 18.2 Å². The Balaban J connectivity index is 2.45. The van der Waals surface area contributed by atoms with E-state index in [1.807, 2.05) is 26.0 Å². The summed E-state index contributed by atoms with van der Waals surface area (Å²) in [5.41, 5.74) is 1.58. The van der Waals surface area contributed by atoms with Gasteiger partial charge < -0.3 is 10.0 Å². The maximum absolute atomic E-state index is 11.1. The lowest BCUT2D eigenvalue weighted by Crippen LogP contribution is -2.27. The van der Waals surface area contributed by atoms with E-state index in [0.29, 0.717) is 5.02 Å². The molecule has 1 aliphatic rings. The average Bonchev–Trinajstić information content (AvgIpc) is 2.79. The van der Waals surface area contributed by atoms with Crippen LogP contribution in [0.4, 0.5) is 5.69 Å². The van der Waals surface area contributed by atoms with Gasteiger partial charge in [-0.1, -0.05) is 31.5 Å². The van der Waals surface area contributed by atoms with Crippen LogP contribution in [0.3, 0.4) is 0 Å². The second kappa shape index (κ2) is 5.41. The van der Waals surface area contributed by atoms with Gasteiger partial charge in [-0.2, -0.15) is 0 Å². The first-order valence-corrected chi connectivity index (χ1v) is 7.05. The lowest BCUT2D eigenvalue weighted by Gasteiger charge is -2.31. The number of hydrogen-bond donors (Lipinski definition) is 1. The third-order valence-corrected chi connectivity index (χ3v) is 4.02. The number of carbonyl (C=O) groups is 1. The zero-order valence-electron chi connectivity index (χ0n) is 11.4. The van der Waals surface area contributed by atoms with Crippen LogP contribution in [0.1, 0.15) is 38.7 Å². The summed E-state index contributed by atoms with van der Waals surface area (Å²) in [6, 6.07) is 5.84. The Hall–Kier alpha value is -1.22. The molecule has 104 valence electrons. The number of carboxylic acids is 1. The van der Waals surface area contributed by atoms with Gasteiger partial charge in [0.1, 0.15) is 0 Å². The summed E-state index contributed by atoms with van der Waals surface area (Å²) in [5, 5.41) is 9.76. The van der Waals surface area contributed by atoms with E-state index in [9.17, 15) is 4.79 Å². The SMILES string of the molecule is CC(C)(CC(=O)O)c1c(Cl)cccc1N1CCCC1. The van der Waals surface area contributed by atoms with E-state index in [1.54, 1.807) is 0 Å². The molecule has 1 fully saturated rings. The van der Waals surface area contributed by atoms with Crippen molar-refractivity contribution in [2.45, 2.75) is 38.5 Å². The van der Waals surface area contributed by atoms with E-state index < -0.39 is 11.4 Å². The lowest BCUT2D eigenvalue weighted by atomic mass is 9.80. The summed E-state index contributed by atoms with van der Waals surface area (Å²) in [6.45, 7) is 5.94. The summed E-state index contributed by atoms with van der Waals surface area (Å²) in [5.74, 6) is -0.794. The molecule has 0 bridgehead atoms. The summed E-state index contributed by atoms with van der Waals surface area (Å²) in [6.07, 6.45) is 2.45. The molecular formula is C15H20ClNO2. The molecule has 1 saturated heterocycles. The third kappa shape index (κ3) is 3.03. The van der Waals surface area contributed by atoms with Crippen LogP contribution in [0.25, 0.3) is 0 Å². The first-order chi connectivity index (χ1) is 8.92. The molecule has 4 heteroatoms.